The van der Waals surface area contributed by atoms with Gasteiger partial charge in [-0.15, -0.1) is 0 Å². The molecule has 0 saturated heterocycles. The van der Waals surface area contributed by atoms with Gasteiger partial charge in [-0.1, -0.05) is 0 Å². The lowest BCUT2D eigenvalue weighted by molar-refractivity contribution is 0.281. The van der Waals surface area contributed by atoms with Gasteiger partial charge in [0.25, 0.3) is 0 Å². The number of aliphatic hydroxyl groups excluding tert-OH is 1. The Morgan fingerprint density at radius 3 is 2.73 bits per heavy atom. The summed E-state index contributed by atoms with van der Waals surface area (Å²) in [5, 5.41) is 8.86. The number of hydrogen-bond acceptors (Lipinski definition) is 4. The summed E-state index contributed by atoms with van der Waals surface area (Å²) in [7, 11) is 3.75. The highest BCUT2D eigenvalue weighted by molar-refractivity contribution is 5.42. The van der Waals surface area contributed by atoms with Gasteiger partial charge in [0.15, 0.2) is 0 Å². The van der Waals surface area contributed by atoms with E-state index in [1.807, 2.05) is 19.0 Å². The van der Waals surface area contributed by atoms with Gasteiger partial charge in [0.05, 0.1) is 6.61 Å². The van der Waals surface area contributed by atoms with E-state index < -0.39 is 0 Å². The first-order valence-corrected chi connectivity index (χ1v) is 3.32. The fourth-order valence-corrected chi connectivity index (χ4v) is 0.866. The van der Waals surface area contributed by atoms with Crippen LogP contribution in [0.25, 0.3) is 0 Å². The number of nitrogens with zero attached hydrogens (tertiary/aromatic N) is 3. The number of aromatic nitrogens is 2. The largest absolute Gasteiger partial charge is 0.391 e. The molecule has 0 bridgehead atoms. The summed E-state index contributed by atoms with van der Waals surface area (Å²) in [6, 6.07) is 0. The Balaban J connectivity index is 3.02. The van der Waals surface area contributed by atoms with E-state index in [0.29, 0.717) is 0 Å². The molecule has 0 aliphatic carbocycles. The maximum Gasteiger partial charge on any atom is 0.136 e. The fourth-order valence-electron chi connectivity index (χ4n) is 0.866. The highest BCUT2D eigenvalue weighted by Crippen LogP contribution is 2.11. The van der Waals surface area contributed by atoms with E-state index in [4.69, 9.17) is 5.11 Å². The lowest BCUT2D eigenvalue weighted by atomic mass is 10.3. The second kappa shape index (κ2) is 3.30. The highest BCUT2D eigenvalue weighted by atomic mass is 16.3. The lowest BCUT2D eigenvalue weighted by Gasteiger charge is -2.13. The molecule has 0 aliphatic heterocycles. The van der Waals surface area contributed by atoms with E-state index in [1.54, 1.807) is 6.20 Å². The van der Waals surface area contributed by atoms with Gasteiger partial charge in [-0.3, -0.25) is 0 Å². The van der Waals surface area contributed by atoms with Crippen LogP contribution in [0.15, 0.2) is 12.5 Å². The Labute approximate surface area is 65.5 Å². The normalized spacial score (nSPS) is 9.73. The molecule has 1 N–H and O–H groups in total. The molecule has 0 radical (unpaired) electrons. The highest BCUT2D eigenvalue weighted by Gasteiger charge is 2.02. The standard InChI is InChI=1S/C7H11N3O/c1-10(2)7-6(4-11)3-8-5-9-7/h3,5,11H,4H2,1-2H3. The predicted molar refractivity (Wildman–Crippen MR) is 42.3 cm³/mol. The molecule has 4 nitrogen and oxygen atoms in total. The first-order chi connectivity index (χ1) is 5.25. The Morgan fingerprint density at radius 2 is 2.27 bits per heavy atom. The van der Waals surface area contributed by atoms with Crippen LogP contribution in [-0.2, 0) is 6.61 Å². The van der Waals surface area contributed by atoms with Crippen molar-refractivity contribution in [1.29, 1.82) is 0 Å². The molecule has 0 amide bonds. The number of hydrogen-bond donors (Lipinski definition) is 1. The Bertz CT molecular complexity index is 237. The van der Waals surface area contributed by atoms with Crippen LogP contribution in [0.2, 0.25) is 0 Å². The zero-order valence-corrected chi connectivity index (χ0v) is 6.65. The van der Waals surface area contributed by atoms with Crippen molar-refractivity contribution >= 4 is 5.82 Å². The summed E-state index contributed by atoms with van der Waals surface area (Å²) in [5.74, 6) is 0.766. The molecular weight excluding hydrogens is 142 g/mol. The van der Waals surface area contributed by atoms with Gasteiger partial charge in [0, 0.05) is 25.9 Å². The molecule has 11 heavy (non-hydrogen) atoms. The summed E-state index contributed by atoms with van der Waals surface area (Å²) >= 11 is 0. The quantitative estimate of drug-likeness (QED) is 0.651. The van der Waals surface area contributed by atoms with Crippen molar-refractivity contribution in [2.75, 3.05) is 19.0 Å². The van der Waals surface area contributed by atoms with Crippen molar-refractivity contribution in [1.82, 2.24) is 9.97 Å². The van der Waals surface area contributed by atoms with Crippen LogP contribution in [0.3, 0.4) is 0 Å². The summed E-state index contributed by atoms with van der Waals surface area (Å²) in [6.45, 7) is -0.0195. The van der Waals surface area contributed by atoms with Gasteiger partial charge in [0.1, 0.15) is 12.1 Å². The molecule has 0 aliphatic rings. The van der Waals surface area contributed by atoms with E-state index in [-0.39, 0.29) is 6.61 Å². The second-order valence-corrected chi connectivity index (χ2v) is 2.42. The predicted octanol–water partition coefficient (Wildman–Crippen LogP) is 0.0349. The molecular formula is C7H11N3O. The van der Waals surface area contributed by atoms with E-state index in [9.17, 15) is 0 Å². The third-order valence-electron chi connectivity index (χ3n) is 1.36. The fraction of sp³-hybridized carbons (Fsp3) is 0.429. The van der Waals surface area contributed by atoms with Crippen LogP contribution >= 0.6 is 0 Å². The average molecular weight is 153 g/mol. The summed E-state index contributed by atoms with van der Waals surface area (Å²) in [6.07, 6.45) is 3.08. The molecule has 0 spiro atoms. The van der Waals surface area contributed by atoms with Gasteiger partial charge >= 0.3 is 0 Å². The van der Waals surface area contributed by atoms with Crippen molar-refractivity contribution in [3.8, 4) is 0 Å². The van der Waals surface area contributed by atoms with Crippen LogP contribution in [0.5, 0.6) is 0 Å². The molecule has 1 rings (SSSR count). The minimum absolute atomic E-state index is 0.0195. The lowest BCUT2D eigenvalue weighted by Crippen LogP contribution is -2.13. The summed E-state index contributed by atoms with van der Waals surface area (Å²) in [5.41, 5.74) is 0.748. The van der Waals surface area contributed by atoms with Crippen molar-refractivity contribution in [3.63, 3.8) is 0 Å². The third-order valence-corrected chi connectivity index (χ3v) is 1.36. The topological polar surface area (TPSA) is 49.2 Å². The van der Waals surface area contributed by atoms with Crippen molar-refractivity contribution in [2.45, 2.75) is 6.61 Å². The second-order valence-electron chi connectivity index (χ2n) is 2.42. The smallest absolute Gasteiger partial charge is 0.136 e. The van der Waals surface area contributed by atoms with E-state index in [1.165, 1.54) is 6.33 Å². The van der Waals surface area contributed by atoms with Crippen LogP contribution in [0, 0.1) is 0 Å². The summed E-state index contributed by atoms with van der Waals surface area (Å²) < 4.78 is 0. The van der Waals surface area contributed by atoms with Gasteiger partial charge < -0.3 is 10.0 Å². The van der Waals surface area contributed by atoms with Crippen LogP contribution in [0.4, 0.5) is 5.82 Å². The Hall–Kier alpha value is -1.16. The molecule has 60 valence electrons. The van der Waals surface area contributed by atoms with Gasteiger partial charge in [-0.25, -0.2) is 9.97 Å². The molecule has 0 unspecified atom stereocenters. The maximum atomic E-state index is 8.86. The van der Waals surface area contributed by atoms with E-state index >= 15 is 0 Å². The van der Waals surface area contributed by atoms with Gasteiger partial charge in [0.2, 0.25) is 0 Å². The Morgan fingerprint density at radius 1 is 1.55 bits per heavy atom. The molecule has 0 saturated carbocycles. The first kappa shape index (κ1) is 7.94. The van der Waals surface area contributed by atoms with E-state index in [2.05, 4.69) is 9.97 Å². The maximum absolute atomic E-state index is 8.86. The van der Waals surface area contributed by atoms with Crippen molar-refractivity contribution in [3.05, 3.63) is 18.1 Å². The molecule has 1 heterocycles. The van der Waals surface area contributed by atoms with Crippen LogP contribution in [-0.4, -0.2) is 29.2 Å². The zero-order chi connectivity index (χ0) is 8.27. The Kier molecular flexibility index (Phi) is 2.38. The number of anilines is 1. The number of rotatable bonds is 2. The number of aliphatic hydroxyl groups is 1. The monoisotopic (exact) mass is 153 g/mol. The van der Waals surface area contributed by atoms with Gasteiger partial charge in [-0.05, 0) is 0 Å². The minimum atomic E-state index is -0.0195. The van der Waals surface area contributed by atoms with Crippen LogP contribution < -0.4 is 4.90 Å². The molecule has 1 aromatic heterocycles. The SMILES string of the molecule is CN(C)c1ncncc1CO. The zero-order valence-electron chi connectivity index (χ0n) is 6.65. The minimum Gasteiger partial charge on any atom is -0.391 e. The van der Waals surface area contributed by atoms with Crippen LogP contribution in [0.1, 0.15) is 5.56 Å². The molecule has 1 aromatic rings. The third kappa shape index (κ3) is 1.65. The molecule has 0 fully saturated rings. The van der Waals surface area contributed by atoms with E-state index in [0.717, 1.165) is 11.4 Å². The first-order valence-electron chi connectivity index (χ1n) is 3.32. The van der Waals surface area contributed by atoms with Crippen molar-refractivity contribution in [2.24, 2.45) is 0 Å². The van der Waals surface area contributed by atoms with Crippen molar-refractivity contribution < 1.29 is 5.11 Å². The molecule has 0 atom stereocenters. The molecule has 4 heteroatoms. The van der Waals surface area contributed by atoms with Gasteiger partial charge in [-0.2, -0.15) is 0 Å². The average Bonchev–Trinajstić information content (AvgIpc) is 2.04. The molecule has 0 aromatic carbocycles. The summed E-state index contributed by atoms with van der Waals surface area (Å²) in [4.78, 5) is 9.65.